The molecule has 20 heavy (non-hydrogen) atoms. The minimum atomic E-state index is 0.690. The first kappa shape index (κ1) is 13.1. The molecule has 104 valence electrons. The third-order valence-electron chi connectivity index (χ3n) is 3.21. The highest BCUT2D eigenvalue weighted by atomic mass is 32.1. The zero-order valence-corrected chi connectivity index (χ0v) is 12.3. The van der Waals surface area contributed by atoms with Gasteiger partial charge in [0.15, 0.2) is 11.3 Å². The molecular weight excluding hydrogens is 272 g/mol. The van der Waals surface area contributed by atoms with Gasteiger partial charge in [-0.15, -0.1) is 11.3 Å². The van der Waals surface area contributed by atoms with Crippen LogP contribution in [0.4, 0.5) is 0 Å². The van der Waals surface area contributed by atoms with Crippen molar-refractivity contribution in [3.8, 4) is 5.75 Å². The topological polar surface area (TPSA) is 47.3 Å². The third kappa shape index (κ3) is 2.55. The van der Waals surface area contributed by atoms with E-state index in [1.165, 1.54) is 4.88 Å². The molecule has 4 nitrogen and oxygen atoms in total. The molecule has 3 rings (SSSR count). The van der Waals surface area contributed by atoms with Crippen molar-refractivity contribution in [3.63, 3.8) is 0 Å². The van der Waals surface area contributed by atoms with Gasteiger partial charge in [-0.3, -0.25) is 0 Å². The van der Waals surface area contributed by atoms with E-state index in [-0.39, 0.29) is 0 Å². The number of ether oxygens (including phenoxy) is 1. The zero-order chi connectivity index (χ0) is 13.9. The molecule has 0 bridgehead atoms. The van der Waals surface area contributed by atoms with Crippen LogP contribution in [0.2, 0.25) is 0 Å². The maximum absolute atomic E-state index is 5.84. The summed E-state index contributed by atoms with van der Waals surface area (Å²) in [5, 5.41) is 4.44. The van der Waals surface area contributed by atoms with Gasteiger partial charge < -0.3 is 14.5 Å². The number of aromatic nitrogens is 1. The average molecular weight is 288 g/mol. The van der Waals surface area contributed by atoms with Crippen LogP contribution in [0.3, 0.4) is 0 Å². The Hall–Kier alpha value is -1.85. The van der Waals surface area contributed by atoms with E-state index in [2.05, 4.69) is 10.3 Å². The fourth-order valence-electron chi connectivity index (χ4n) is 2.13. The van der Waals surface area contributed by atoms with Crippen LogP contribution in [0.25, 0.3) is 11.0 Å². The second kappa shape index (κ2) is 5.64. The Kier molecular flexibility index (Phi) is 3.71. The van der Waals surface area contributed by atoms with Gasteiger partial charge in [0.2, 0.25) is 0 Å². The molecule has 0 aliphatic rings. The van der Waals surface area contributed by atoms with E-state index in [9.17, 15) is 0 Å². The number of thiazole rings is 1. The molecule has 0 spiro atoms. The number of aryl methyl sites for hydroxylation is 1. The maximum atomic E-state index is 5.84. The van der Waals surface area contributed by atoms with E-state index in [0.717, 1.165) is 34.7 Å². The number of furan rings is 1. The molecule has 0 saturated carbocycles. The Morgan fingerprint density at radius 3 is 3.00 bits per heavy atom. The second-order valence-electron chi connectivity index (χ2n) is 4.56. The Morgan fingerprint density at radius 2 is 2.25 bits per heavy atom. The molecule has 0 fully saturated rings. The van der Waals surface area contributed by atoms with Crippen molar-refractivity contribution in [1.29, 1.82) is 0 Å². The summed E-state index contributed by atoms with van der Waals surface area (Å²) in [7, 11) is 1.65. The summed E-state index contributed by atoms with van der Waals surface area (Å²) < 4.78 is 11.1. The van der Waals surface area contributed by atoms with Crippen molar-refractivity contribution in [2.24, 2.45) is 0 Å². The highest BCUT2D eigenvalue weighted by Gasteiger charge is 2.08. The molecule has 2 heterocycles. The van der Waals surface area contributed by atoms with E-state index < -0.39 is 0 Å². The standard InChI is InChI=1S/C15H16N2O2S/c1-10-14(20-9-17-10)8-16-7-12-6-11-4-3-5-13(18-2)15(11)19-12/h3-6,9,16H,7-8H2,1-2H3. The summed E-state index contributed by atoms with van der Waals surface area (Å²) in [5.41, 5.74) is 3.77. The van der Waals surface area contributed by atoms with Crippen LogP contribution >= 0.6 is 11.3 Å². The van der Waals surface area contributed by atoms with Crippen molar-refractivity contribution in [3.05, 3.63) is 46.1 Å². The van der Waals surface area contributed by atoms with E-state index in [1.807, 2.05) is 36.7 Å². The summed E-state index contributed by atoms with van der Waals surface area (Å²) in [6.07, 6.45) is 0. The number of para-hydroxylation sites is 1. The van der Waals surface area contributed by atoms with E-state index in [0.29, 0.717) is 6.54 Å². The fraction of sp³-hybridized carbons (Fsp3) is 0.267. The lowest BCUT2D eigenvalue weighted by atomic mass is 10.2. The van der Waals surface area contributed by atoms with E-state index >= 15 is 0 Å². The van der Waals surface area contributed by atoms with Gasteiger partial charge in [-0.05, 0) is 19.1 Å². The second-order valence-corrected chi connectivity index (χ2v) is 5.50. The monoisotopic (exact) mass is 288 g/mol. The third-order valence-corrected chi connectivity index (χ3v) is 4.14. The molecule has 1 aromatic carbocycles. The number of hydrogen-bond acceptors (Lipinski definition) is 5. The van der Waals surface area contributed by atoms with Crippen molar-refractivity contribution in [2.45, 2.75) is 20.0 Å². The summed E-state index contributed by atoms with van der Waals surface area (Å²) in [6, 6.07) is 7.95. The van der Waals surface area contributed by atoms with Crippen LogP contribution in [-0.2, 0) is 13.1 Å². The minimum Gasteiger partial charge on any atom is -0.493 e. The molecule has 0 aliphatic heterocycles. The fourth-order valence-corrected chi connectivity index (χ4v) is 2.88. The highest BCUT2D eigenvalue weighted by Crippen LogP contribution is 2.28. The van der Waals surface area contributed by atoms with Crippen molar-refractivity contribution >= 4 is 22.3 Å². The van der Waals surface area contributed by atoms with Crippen LogP contribution in [0.5, 0.6) is 5.75 Å². The molecule has 1 N–H and O–H groups in total. The number of nitrogens with zero attached hydrogens (tertiary/aromatic N) is 1. The Bertz CT molecular complexity index is 718. The summed E-state index contributed by atoms with van der Waals surface area (Å²) in [5.74, 6) is 1.68. The summed E-state index contributed by atoms with van der Waals surface area (Å²) in [4.78, 5) is 5.50. The van der Waals surface area contributed by atoms with Crippen LogP contribution in [0, 0.1) is 6.92 Å². The van der Waals surface area contributed by atoms with Crippen molar-refractivity contribution < 1.29 is 9.15 Å². The van der Waals surface area contributed by atoms with Gasteiger partial charge in [-0.2, -0.15) is 0 Å². The minimum absolute atomic E-state index is 0.690. The van der Waals surface area contributed by atoms with Gasteiger partial charge in [-0.1, -0.05) is 12.1 Å². The summed E-state index contributed by atoms with van der Waals surface area (Å²) >= 11 is 1.67. The number of rotatable bonds is 5. The average Bonchev–Trinajstić information content (AvgIpc) is 3.04. The van der Waals surface area contributed by atoms with E-state index in [4.69, 9.17) is 9.15 Å². The van der Waals surface area contributed by atoms with Gasteiger partial charge in [0.25, 0.3) is 0 Å². The number of benzene rings is 1. The SMILES string of the molecule is COc1cccc2cc(CNCc3scnc3C)oc12. The predicted octanol–water partition coefficient (Wildman–Crippen LogP) is 3.50. The molecule has 0 amide bonds. The largest absolute Gasteiger partial charge is 0.493 e. The lowest BCUT2D eigenvalue weighted by Gasteiger charge is -2.01. The first-order chi connectivity index (χ1) is 9.78. The van der Waals surface area contributed by atoms with Crippen molar-refractivity contribution in [1.82, 2.24) is 10.3 Å². The highest BCUT2D eigenvalue weighted by molar-refractivity contribution is 7.09. The quantitative estimate of drug-likeness (QED) is 0.780. The normalized spacial score (nSPS) is 11.1. The first-order valence-electron chi connectivity index (χ1n) is 6.43. The summed E-state index contributed by atoms with van der Waals surface area (Å²) in [6.45, 7) is 3.53. The number of fused-ring (bicyclic) bond motifs is 1. The number of nitrogens with one attached hydrogen (secondary N) is 1. The van der Waals surface area contributed by atoms with Gasteiger partial charge in [0.05, 0.1) is 24.9 Å². The molecule has 0 saturated heterocycles. The predicted molar refractivity (Wildman–Crippen MR) is 80.2 cm³/mol. The Morgan fingerprint density at radius 1 is 1.35 bits per heavy atom. The molecule has 0 atom stereocenters. The Labute approximate surface area is 121 Å². The van der Waals surface area contributed by atoms with Gasteiger partial charge >= 0.3 is 0 Å². The molecule has 5 heteroatoms. The molecule has 0 aliphatic carbocycles. The van der Waals surface area contributed by atoms with Crippen LogP contribution < -0.4 is 10.1 Å². The lowest BCUT2D eigenvalue weighted by Crippen LogP contribution is -2.11. The van der Waals surface area contributed by atoms with Crippen LogP contribution in [0.1, 0.15) is 16.3 Å². The Balaban J connectivity index is 1.70. The van der Waals surface area contributed by atoms with Crippen LogP contribution in [-0.4, -0.2) is 12.1 Å². The zero-order valence-electron chi connectivity index (χ0n) is 11.5. The maximum Gasteiger partial charge on any atom is 0.176 e. The molecule has 0 unspecified atom stereocenters. The number of hydrogen-bond donors (Lipinski definition) is 1. The van der Waals surface area contributed by atoms with E-state index in [1.54, 1.807) is 18.4 Å². The van der Waals surface area contributed by atoms with Gasteiger partial charge in [0, 0.05) is 16.8 Å². The van der Waals surface area contributed by atoms with Crippen LogP contribution in [0.15, 0.2) is 34.2 Å². The lowest BCUT2D eigenvalue weighted by molar-refractivity contribution is 0.406. The molecule has 3 aromatic rings. The molecule has 2 aromatic heterocycles. The number of methoxy groups -OCH3 is 1. The first-order valence-corrected chi connectivity index (χ1v) is 7.31. The van der Waals surface area contributed by atoms with Gasteiger partial charge in [0.1, 0.15) is 5.76 Å². The van der Waals surface area contributed by atoms with Crippen molar-refractivity contribution in [2.75, 3.05) is 7.11 Å². The molecular formula is C15H16N2O2S. The smallest absolute Gasteiger partial charge is 0.176 e. The van der Waals surface area contributed by atoms with Gasteiger partial charge in [-0.25, -0.2) is 4.98 Å². The molecule has 0 radical (unpaired) electrons.